The second-order valence-electron chi connectivity index (χ2n) is 9.51. The Kier molecular flexibility index (Phi) is 5.25. The summed E-state index contributed by atoms with van der Waals surface area (Å²) in [5.41, 5.74) is 2.47. The maximum absolute atomic E-state index is 12.2. The molecule has 0 N–H and O–H groups in total. The Labute approximate surface area is 173 Å². The van der Waals surface area contributed by atoms with E-state index in [1.54, 1.807) is 0 Å². The first-order valence-electron chi connectivity index (χ1n) is 10.5. The van der Waals surface area contributed by atoms with Gasteiger partial charge in [-0.3, -0.25) is 4.90 Å². The van der Waals surface area contributed by atoms with Crippen LogP contribution < -0.4 is 4.90 Å². The first-order chi connectivity index (χ1) is 13.3. The normalized spacial score (nSPS) is 22.0. The molecule has 0 aromatic heterocycles. The summed E-state index contributed by atoms with van der Waals surface area (Å²) in [4.78, 5) is 19.0. The molecule has 6 heteroatoms. The molecule has 2 saturated heterocycles. The fourth-order valence-corrected chi connectivity index (χ4v) is 4.73. The van der Waals surface area contributed by atoms with Gasteiger partial charge in [0.2, 0.25) is 0 Å². The number of halogens is 1. The van der Waals surface area contributed by atoms with Gasteiger partial charge >= 0.3 is 6.09 Å². The number of ether oxygens (including phenoxy) is 1. The minimum atomic E-state index is -0.442. The Balaban J connectivity index is 1.36. The number of benzene rings is 1. The second-order valence-corrected chi connectivity index (χ2v) is 9.92. The number of carbonyl (C=O) groups is 1. The van der Waals surface area contributed by atoms with Crippen LogP contribution in [0.3, 0.4) is 0 Å². The van der Waals surface area contributed by atoms with E-state index in [4.69, 9.17) is 16.3 Å². The van der Waals surface area contributed by atoms with Gasteiger partial charge in [0.1, 0.15) is 5.60 Å². The van der Waals surface area contributed by atoms with Crippen molar-refractivity contribution in [1.82, 2.24) is 9.80 Å². The lowest BCUT2D eigenvalue weighted by Gasteiger charge is -2.35. The highest BCUT2D eigenvalue weighted by Crippen LogP contribution is 2.52. The van der Waals surface area contributed by atoms with Crippen molar-refractivity contribution in [3.05, 3.63) is 28.8 Å². The number of amides is 1. The van der Waals surface area contributed by atoms with Crippen molar-refractivity contribution < 1.29 is 9.53 Å². The van der Waals surface area contributed by atoms with Crippen molar-refractivity contribution in [3.8, 4) is 0 Å². The third-order valence-corrected chi connectivity index (χ3v) is 6.47. The van der Waals surface area contributed by atoms with Crippen LogP contribution in [0.25, 0.3) is 0 Å². The van der Waals surface area contributed by atoms with E-state index in [2.05, 4.69) is 28.0 Å². The van der Waals surface area contributed by atoms with Crippen molar-refractivity contribution >= 4 is 23.4 Å². The molecule has 2 heterocycles. The predicted molar refractivity (Wildman–Crippen MR) is 113 cm³/mol. The monoisotopic (exact) mass is 405 g/mol. The molecule has 28 heavy (non-hydrogen) atoms. The molecule has 4 rings (SSSR count). The van der Waals surface area contributed by atoms with Crippen LogP contribution in [0.4, 0.5) is 10.5 Å². The molecule has 0 bridgehead atoms. The van der Waals surface area contributed by atoms with Crippen molar-refractivity contribution in [1.29, 1.82) is 0 Å². The van der Waals surface area contributed by atoms with E-state index in [9.17, 15) is 4.79 Å². The molecular formula is C22H32ClN3O2. The maximum atomic E-state index is 12.2. The van der Waals surface area contributed by atoms with Crippen LogP contribution in [-0.2, 0) is 11.3 Å². The fourth-order valence-electron chi connectivity index (χ4n) is 4.52. The molecule has 1 spiro atoms. The Bertz CT molecular complexity index is 734. The maximum Gasteiger partial charge on any atom is 0.410 e. The molecular weight excluding hydrogens is 374 g/mol. The molecule has 1 saturated carbocycles. The Morgan fingerprint density at radius 3 is 2.46 bits per heavy atom. The number of hydrogen-bond acceptors (Lipinski definition) is 4. The smallest absolute Gasteiger partial charge is 0.410 e. The zero-order valence-electron chi connectivity index (χ0n) is 17.3. The SMILES string of the molecule is CC(C)(C)OC(=O)N1CCN(Cc2ccc(Cl)c(N3CCCC34CC4)c2)CC1. The molecule has 3 aliphatic rings. The van der Waals surface area contributed by atoms with Crippen LogP contribution in [-0.4, -0.2) is 59.8 Å². The van der Waals surface area contributed by atoms with Crippen LogP contribution in [0, 0.1) is 0 Å². The van der Waals surface area contributed by atoms with Crippen molar-refractivity contribution in [3.63, 3.8) is 0 Å². The number of piperazine rings is 1. The van der Waals surface area contributed by atoms with E-state index in [1.807, 2.05) is 25.7 Å². The van der Waals surface area contributed by atoms with E-state index in [0.717, 1.165) is 31.2 Å². The fraction of sp³-hybridized carbons (Fsp3) is 0.682. The molecule has 1 aromatic carbocycles. The number of hydrogen-bond donors (Lipinski definition) is 0. The zero-order valence-corrected chi connectivity index (χ0v) is 18.1. The third kappa shape index (κ3) is 4.25. The van der Waals surface area contributed by atoms with E-state index in [1.165, 1.54) is 36.9 Å². The first kappa shape index (κ1) is 19.8. The van der Waals surface area contributed by atoms with Crippen LogP contribution in [0.5, 0.6) is 0 Å². The Morgan fingerprint density at radius 1 is 1.11 bits per heavy atom. The van der Waals surface area contributed by atoms with Gasteiger partial charge in [-0.05, 0) is 64.2 Å². The average molecular weight is 406 g/mol. The Morgan fingerprint density at radius 2 is 1.82 bits per heavy atom. The summed E-state index contributed by atoms with van der Waals surface area (Å²) in [5, 5.41) is 0.867. The number of anilines is 1. The molecule has 5 nitrogen and oxygen atoms in total. The van der Waals surface area contributed by atoms with Gasteiger partial charge in [-0.15, -0.1) is 0 Å². The largest absolute Gasteiger partial charge is 0.444 e. The van der Waals surface area contributed by atoms with Crippen LogP contribution >= 0.6 is 11.6 Å². The molecule has 0 radical (unpaired) electrons. The molecule has 1 amide bonds. The summed E-state index contributed by atoms with van der Waals surface area (Å²) >= 11 is 6.57. The summed E-state index contributed by atoms with van der Waals surface area (Å²) in [5.74, 6) is 0. The van der Waals surface area contributed by atoms with Crippen LogP contribution in [0.15, 0.2) is 18.2 Å². The van der Waals surface area contributed by atoms with E-state index >= 15 is 0 Å². The quantitative estimate of drug-likeness (QED) is 0.740. The van der Waals surface area contributed by atoms with E-state index < -0.39 is 5.60 Å². The highest BCUT2D eigenvalue weighted by Gasteiger charge is 2.51. The van der Waals surface area contributed by atoms with Gasteiger partial charge < -0.3 is 14.5 Å². The summed E-state index contributed by atoms with van der Waals surface area (Å²) in [6, 6.07) is 6.48. The van der Waals surface area contributed by atoms with Gasteiger partial charge in [0, 0.05) is 44.8 Å². The molecule has 2 aliphatic heterocycles. The summed E-state index contributed by atoms with van der Waals surface area (Å²) < 4.78 is 5.49. The highest BCUT2D eigenvalue weighted by atomic mass is 35.5. The van der Waals surface area contributed by atoms with Crippen molar-refractivity contribution in [2.75, 3.05) is 37.6 Å². The highest BCUT2D eigenvalue weighted by molar-refractivity contribution is 6.33. The molecule has 1 aliphatic carbocycles. The number of nitrogens with zero attached hydrogens (tertiary/aromatic N) is 3. The lowest BCUT2D eigenvalue weighted by atomic mass is 10.1. The average Bonchev–Trinajstić information content (AvgIpc) is 3.28. The summed E-state index contributed by atoms with van der Waals surface area (Å²) in [7, 11) is 0. The summed E-state index contributed by atoms with van der Waals surface area (Å²) in [6.07, 6.45) is 4.98. The number of carbonyl (C=O) groups excluding carboxylic acids is 1. The lowest BCUT2D eigenvalue weighted by Crippen LogP contribution is -2.49. The summed E-state index contributed by atoms with van der Waals surface area (Å²) in [6.45, 7) is 10.9. The van der Waals surface area contributed by atoms with Crippen LogP contribution in [0.2, 0.25) is 5.02 Å². The Hall–Kier alpha value is -1.46. The minimum absolute atomic E-state index is 0.204. The predicted octanol–water partition coefficient (Wildman–Crippen LogP) is 4.53. The standard InChI is InChI=1S/C22H32ClN3O2/c1-21(2,3)28-20(27)25-13-11-24(12-14-25)16-17-5-6-18(23)19(15-17)26-10-4-7-22(26)8-9-22/h5-6,15H,4,7-14,16H2,1-3H3. The van der Waals surface area contributed by atoms with Crippen LogP contribution in [0.1, 0.15) is 52.0 Å². The van der Waals surface area contributed by atoms with Gasteiger partial charge in [-0.1, -0.05) is 17.7 Å². The van der Waals surface area contributed by atoms with Crippen molar-refractivity contribution in [2.45, 2.75) is 64.1 Å². The van der Waals surface area contributed by atoms with E-state index in [0.29, 0.717) is 18.6 Å². The molecule has 0 atom stereocenters. The molecule has 154 valence electrons. The van der Waals surface area contributed by atoms with E-state index in [-0.39, 0.29) is 6.09 Å². The van der Waals surface area contributed by atoms with Gasteiger partial charge in [0.25, 0.3) is 0 Å². The van der Waals surface area contributed by atoms with Gasteiger partial charge in [-0.2, -0.15) is 0 Å². The third-order valence-electron chi connectivity index (χ3n) is 6.16. The first-order valence-corrected chi connectivity index (χ1v) is 10.9. The topological polar surface area (TPSA) is 36.0 Å². The minimum Gasteiger partial charge on any atom is -0.444 e. The molecule has 0 unspecified atom stereocenters. The second kappa shape index (κ2) is 7.42. The lowest BCUT2D eigenvalue weighted by molar-refractivity contribution is 0.0139. The van der Waals surface area contributed by atoms with Gasteiger partial charge in [0.15, 0.2) is 0 Å². The van der Waals surface area contributed by atoms with Crippen molar-refractivity contribution in [2.24, 2.45) is 0 Å². The molecule has 1 aromatic rings. The van der Waals surface area contributed by atoms with Gasteiger partial charge in [-0.25, -0.2) is 4.79 Å². The van der Waals surface area contributed by atoms with Gasteiger partial charge in [0.05, 0.1) is 10.7 Å². The zero-order chi connectivity index (χ0) is 19.9. The molecule has 3 fully saturated rings. The number of rotatable bonds is 3.